The Morgan fingerprint density at radius 2 is 1.81 bits per heavy atom. The summed E-state index contributed by atoms with van der Waals surface area (Å²) in [4.78, 5) is 4.71. The third-order valence-electron chi connectivity index (χ3n) is 6.65. The number of methoxy groups -OCH3 is 1. The first-order valence-corrected chi connectivity index (χ1v) is 13.6. The van der Waals surface area contributed by atoms with Crippen LogP contribution < -0.4 is 10.1 Å². The Kier molecular flexibility index (Phi) is 7.85. The second kappa shape index (κ2) is 11.2. The number of aromatic nitrogens is 3. The summed E-state index contributed by atoms with van der Waals surface area (Å²) in [6.07, 6.45) is 9.90. The van der Waals surface area contributed by atoms with Gasteiger partial charge in [0.1, 0.15) is 17.3 Å². The van der Waals surface area contributed by atoms with E-state index in [-0.39, 0.29) is 0 Å². The summed E-state index contributed by atoms with van der Waals surface area (Å²) in [5, 5.41) is 9.68. The monoisotopic (exact) mass is 584 g/mol. The first-order valence-electron chi connectivity index (χ1n) is 12.1. The second-order valence-electron chi connectivity index (χ2n) is 9.02. The molecule has 36 heavy (non-hydrogen) atoms. The first kappa shape index (κ1) is 25.1. The van der Waals surface area contributed by atoms with Crippen molar-refractivity contribution in [2.75, 3.05) is 12.4 Å². The topological polar surface area (TPSA) is 52.0 Å². The van der Waals surface area contributed by atoms with Crippen molar-refractivity contribution in [2.45, 2.75) is 44.7 Å². The molecule has 0 unspecified atom stereocenters. The van der Waals surface area contributed by atoms with Gasteiger partial charge in [-0.05, 0) is 58.6 Å². The van der Waals surface area contributed by atoms with Crippen LogP contribution in [0.25, 0.3) is 22.4 Å². The summed E-state index contributed by atoms with van der Waals surface area (Å²) in [5.41, 5.74) is 4.66. The normalized spacial score (nSPS) is 14.1. The number of nitrogens with zero attached hydrogens (tertiary/aromatic N) is 3. The highest BCUT2D eigenvalue weighted by Crippen LogP contribution is 2.42. The van der Waals surface area contributed by atoms with Crippen LogP contribution in [0.2, 0.25) is 10.0 Å². The van der Waals surface area contributed by atoms with Crippen molar-refractivity contribution in [1.29, 1.82) is 0 Å². The predicted molar refractivity (Wildman–Crippen MR) is 151 cm³/mol. The maximum Gasteiger partial charge on any atom is 0.135 e. The van der Waals surface area contributed by atoms with Gasteiger partial charge < -0.3 is 10.1 Å². The molecule has 4 aromatic rings. The molecule has 1 N–H and O–H groups in total. The molecule has 0 spiro atoms. The van der Waals surface area contributed by atoms with Crippen molar-refractivity contribution in [3.05, 3.63) is 81.0 Å². The zero-order valence-electron chi connectivity index (χ0n) is 20.0. The molecule has 0 radical (unpaired) electrons. The number of hydrogen-bond acceptors (Lipinski definition) is 4. The van der Waals surface area contributed by atoms with Crippen LogP contribution in [0.4, 0.5) is 5.82 Å². The molecule has 186 valence electrons. The van der Waals surface area contributed by atoms with Gasteiger partial charge >= 0.3 is 0 Å². The van der Waals surface area contributed by atoms with Crippen LogP contribution in [0, 0.1) is 0 Å². The maximum absolute atomic E-state index is 6.70. The van der Waals surface area contributed by atoms with Crippen molar-refractivity contribution in [1.82, 2.24) is 14.8 Å². The molecule has 2 aromatic heterocycles. The molecule has 5 rings (SSSR count). The Hall–Kier alpha value is -2.54. The van der Waals surface area contributed by atoms with E-state index in [0.717, 1.165) is 56.8 Å². The van der Waals surface area contributed by atoms with Gasteiger partial charge in [0.25, 0.3) is 0 Å². The van der Waals surface area contributed by atoms with E-state index in [4.69, 9.17) is 38.0 Å². The summed E-state index contributed by atoms with van der Waals surface area (Å²) in [5.74, 6) is 1.58. The number of anilines is 1. The average Bonchev–Trinajstić information content (AvgIpc) is 3.35. The molecular formula is C28H27BrCl2N4O. The van der Waals surface area contributed by atoms with E-state index < -0.39 is 0 Å². The zero-order valence-corrected chi connectivity index (χ0v) is 23.1. The third-order valence-corrected chi connectivity index (χ3v) is 7.90. The summed E-state index contributed by atoms with van der Waals surface area (Å²) in [6.45, 7) is 0.613. The van der Waals surface area contributed by atoms with Crippen LogP contribution in [-0.2, 0) is 6.54 Å². The molecule has 0 atom stereocenters. The molecule has 0 bridgehead atoms. The summed E-state index contributed by atoms with van der Waals surface area (Å²) < 4.78 is 8.28. The number of pyridine rings is 1. The van der Waals surface area contributed by atoms with Gasteiger partial charge in [0.15, 0.2) is 0 Å². The fourth-order valence-corrected chi connectivity index (χ4v) is 5.46. The Bertz CT molecular complexity index is 1350. The van der Waals surface area contributed by atoms with E-state index in [1.54, 1.807) is 19.4 Å². The number of benzene rings is 2. The Balaban J connectivity index is 1.57. The minimum absolute atomic E-state index is 0.375. The van der Waals surface area contributed by atoms with Crippen molar-refractivity contribution < 1.29 is 4.74 Å². The van der Waals surface area contributed by atoms with Gasteiger partial charge in [-0.15, -0.1) is 0 Å². The Morgan fingerprint density at radius 1 is 1.03 bits per heavy atom. The highest BCUT2D eigenvalue weighted by Gasteiger charge is 2.24. The third kappa shape index (κ3) is 5.41. The maximum atomic E-state index is 6.70. The average molecular weight is 586 g/mol. The fourth-order valence-electron chi connectivity index (χ4n) is 4.72. The van der Waals surface area contributed by atoms with Crippen LogP contribution in [0.3, 0.4) is 0 Å². The fraction of sp³-hybridized carbons (Fsp3) is 0.286. The second-order valence-corrected chi connectivity index (χ2v) is 10.7. The molecule has 8 heteroatoms. The van der Waals surface area contributed by atoms with Crippen LogP contribution >= 0.6 is 39.1 Å². The smallest absolute Gasteiger partial charge is 0.135 e. The standard InChI is InChI=1S/C28H27BrCl2N4O/c1-36-21-12-10-18(11-13-21)15-32-28-23(14-19(29)16-33-28)27-24(22-8-5-9-25(30)26(22)31)17-35(34-27)20-6-3-2-4-7-20/h5,8-14,16-17,20H,2-4,6-7,15H2,1H3,(H,32,33). The molecule has 5 nitrogen and oxygen atoms in total. The van der Waals surface area contributed by atoms with Gasteiger partial charge in [-0.2, -0.15) is 5.10 Å². The molecule has 0 saturated heterocycles. The van der Waals surface area contributed by atoms with Crippen molar-refractivity contribution in [3.63, 3.8) is 0 Å². The molecule has 0 amide bonds. The Morgan fingerprint density at radius 3 is 2.56 bits per heavy atom. The molecule has 1 aliphatic carbocycles. The molecule has 0 aliphatic heterocycles. The highest BCUT2D eigenvalue weighted by molar-refractivity contribution is 9.10. The minimum Gasteiger partial charge on any atom is -0.497 e. The number of halogens is 3. The van der Waals surface area contributed by atoms with E-state index in [1.165, 1.54) is 19.3 Å². The molecule has 1 aliphatic rings. The van der Waals surface area contributed by atoms with Crippen LogP contribution in [-0.4, -0.2) is 21.9 Å². The molecule has 2 aromatic carbocycles. The number of hydrogen-bond donors (Lipinski definition) is 1. The minimum atomic E-state index is 0.375. The number of ether oxygens (including phenoxy) is 1. The van der Waals surface area contributed by atoms with Crippen LogP contribution in [0.15, 0.2) is 65.4 Å². The lowest BCUT2D eigenvalue weighted by atomic mass is 9.96. The summed E-state index contributed by atoms with van der Waals surface area (Å²) in [6, 6.07) is 16.2. The van der Waals surface area contributed by atoms with Crippen molar-refractivity contribution in [3.8, 4) is 28.1 Å². The van der Waals surface area contributed by atoms with Gasteiger partial charge in [0.05, 0.1) is 23.2 Å². The first-order chi connectivity index (χ1) is 17.5. The summed E-state index contributed by atoms with van der Waals surface area (Å²) >= 11 is 16.7. The Labute approximate surface area is 229 Å². The SMILES string of the molecule is COc1ccc(CNc2ncc(Br)cc2-c2nn(C3CCCCC3)cc2-c2cccc(Cl)c2Cl)cc1. The van der Waals surface area contributed by atoms with E-state index in [9.17, 15) is 0 Å². The molecule has 2 heterocycles. The van der Waals surface area contributed by atoms with E-state index in [0.29, 0.717) is 22.6 Å². The lowest BCUT2D eigenvalue weighted by Crippen LogP contribution is -2.13. The molecule has 1 saturated carbocycles. The highest BCUT2D eigenvalue weighted by atomic mass is 79.9. The zero-order chi connectivity index (χ0) is 25.1. The summed E-state index contributed by atoms with van der Waals surface area (Å²) in [7, 11) is 1.67. The molecular weight excluding hydrogens is 559 g/mol. The quantitative estimate of drug-likeness (QED) is 0.235. The number of rotatable bonds is 7. The van der Waals surface area contributed by atoms with Gasteiger partial charge in [-0.1, -0.05) is 66.7 Å². The van der Waals surface area contributed by atoms with Gasteiger partial charge in [0, 0.05) is 40.1 Å². The largest absolute Gasteiger partial charge is 0.497 e. The lowest BCUT2D eigenvalue weighted by Gasteiger charge is -2.21. The van der Waals surface area contributed by atoms with Crippen molar-refractivity contribution >= 4 is 44.9 Å². The number of nitrogens with one attached hydrogen (secondary N) is 1. The lowest BCUT2D eigenvalue weighted by molar-refractivity contribution is 0.330. The predicted octanol–water partition coefficient (Wildman–Crippen LogP) is 8.81. The van der Waals surface area contributed by atoms with Crippen LogP contribution in [0.1, 0.15) is 43.7 Å². The van der Waals surface area contributed by atoms with Gasteiger partial charge in [0.2, 0.25) is 0 Å². The van der Waals surface area contributed by atoms with E-state index >= 15 is 0 Å². The van der Waals surface area contributed by atoms with Gasteiger partial charge in [-0.3, -0.25) is 4.68 Å². The van der Waals surface area contributed by atoms with Crippen LogP contribution in [0.5, 0.6) is 5.75 Å². The van der Waals surface area contributed by atoms with Gasteiger partial charge in [-0.25, -0.2) is 4.98 Å². The van der Waals surface area contributed by atoms with Crippen molar-refractivity contribution in [2.24, 2.45) is 0 Å². The van der Waals surface area contributed by atoms with E-state index in [1.807, 2.05) is 36.4 Å². The van der Waals surface area contributed by atoms with E-state index in [2.05, 4.69) is 38.2 Å². The molecule has 1 fully saturated rings.